The van der Waals surface area contributed by atoms with E-state index in [1.165, 1.54) is 12.1 Å². The Bertz CT molecular complexity index is 1040. The van der Waals surface area contributed by atoms with E-state index in [1.54, 1.807) is 24.3 Å². The molecule has 1 aromatic heterocycles. The third kappa shape index (κ3) is 3.76. The molecule has 0 unspecified atom stereocenters. The van der Waals surface area contributed by atoms with Crippen molar-refractivity contribution >= 4 is 33.5 Å². The lowest BCUT2D eigenvalue weighted by Crippen LogP contribution is -1.95. The zero-order chi connectivity index (χ0) is 18.7. The Morgan fingerprint density at radius 2 is 1.81 bits per heavy atom. The van der Waals surface area contributed by atoms with Crippen molar-refractivity contribution in [3.63, 3.8) is 0 Å². The topological polar surface area (TPSA) is 74.2 Å². The zero-order valence-electron chi connectivity index (χ0n) is 13.9. The van der Waals surface area contributed by atoms with E-state index in [4.69, 9.17) is 9.52 Å². The molecule has 0 aliphatic heterocycles. The molecule has 0 radical (unpaired) electrons. The van der Waals surface area contributed by atoms with Gasteiger partial charge < -0.3 is 9.52 Å². The van der Waals surface area contributed by atoms with Gasteiger partial charge in [0.15, 0.2) is 0 Å². The van der Waals surface area contributed by atoms with Crippen molar-refractivity contribution in [2.75, 3.05) is 0 Å². The number of nitrogens with zero attached hydrogens (tertiary/aromatic N) is 1. The summed E-state index contributed by atoms with van der Waals surface area (Å²) in [6.45, 7) is 2.01. The molecule has 4 nitrogen and oxygen atoms in total. The Morgan fingerprint density at radius 1 is 1.12 bits per heavy atom. The molecule has 1 N–H and O–H groups in total. The molecule has 128 valence electrons. The van der Waals surface area contributed by atoms with E-state index in [-0.39, 0.29) is 5.56 Å². The number of benzene rings is 2. The SMILES string of the molecule is Cc1ccc(-c2ccc(C=C(C#N)c3ccc(C(=O)O)cc3)o2)c(Br)c1. The lowest BCUT2D eigenvalue weighted by Gasteiger charge is -2.02. The number of hydrogen-bond donors (Lipinski definition) is 1. The summed E-state index contributed by atoms with van der Waals surface area (Å²) in [6.07, 6.45) is 1.64. The number of furan rings is 1. The summed E-state index contributed by atoms with van der Waals surface area (Å²) in [7, 11) is 0. The first-order chi connectivity index (χ1) is 12.5. The normalized spacial score (nSPS) is 11.2. The van der Waals surface area contributed by atoms with Gasteiger partial charge in [0.1, 0.15) is 11.5 Å². The van der Waals surface area contributed by atoms with E-state index >= 15 is 0 Å². The zero-order valence-corrected chi connectivity index (χ0v) is 15.4. The van der Waals surface area contributed by atoms with Gasteiger partial charge in [0.05, 0.1) is 17.2 Å². The van der Waals surface area contributed by atoms with Crippen molar-refractivity contribution in [3.05, 3.63) is 81.5 Å². The van der Waals surface area contributed by atoms with Gasteiger partial charge in [-0.3, -0.25) is 0 Å². The van der Waals surface area contributed by atoms with Crippen LogP contribution in [0.2, 0.25) is 0 Å². The molecule has 1 heterocycles. The van der Waals surface area contributed by atoms with Crippen LogP contribution in [0.4, 0.5) is 0 Å². The average molecular weight is 408 g/mol. The molecular formula is C21H14BrNO3. The third-order valence-corrected chi connectivity index (χ3v) is 4.52. The first-order valence-corrected chi connectivity index (χ1v) is 8.59. The highest BCUT2D eigenvalue weighted by atomic mass is 79.9. The number of nitriles is 1. The Kier molecular flexibility index (Phi) is 5.06. The van der Waals surface area contributed by atoms with E-state index in [1.807, 2.05) is 31.2 Å². The molecule has 3 aromatic rings. The summed E-state index contributed by atoms with van der Waals surface area (Å²) in [5.74, 6) is 0.242. The Labute approximate surface area is 159 Å². The van der Waals surface area contributed by atoms with Crippen molar-refractivity contribution < 1.29 is 14.3 Å². The smallest absolute Gasteiger partial charge is 0.335 e. The minimum Gasteiger partial charge on any atom is -0.478 e. The monoisotopic (exact) mass is 407 g/mol. The van der Waals surface area contributed by atoms with Crippen LogP contribution < -0.4 is 0 Å². The molecule has 0 amide bonds. The van der Waals surface area contributed by atoms with E-state index in [9.17, 15) is 10.1 Å². The largest absolute Gasteiger partial charge is 0.478 e. The lowest BCUT2D eigenvalue weighted by atomic mass is 10.0. The average Bonchev–Trinajstić information content (AvgIpc) is 3.08. The van der Waals surface area contributed by atoms with Crippen LogP contribution >= 0.6 is 15.9 Å². The first kappa shape index (κ1) is 17.7. The molecule has 26 heavy (non-hydrogen) atoms. The Balaban J connectivity index is 1.92. The maximum Gasteiger partial charge on any atom is 0.335 e. The molecule has 0 bridgehead atoms. The van der Waals surface area contributed by atoms with E-state index in [0.29, 0.717) is 22.7 Å². The number of halogens is 1. The molecule has 0 saturated heterocycles. The van der Waals surface area contributed by atoms with Crippen LogP contribution in [0.15, 0.2) is 63.5 Å². The van der Waals surface area contributed by atoms with Crippen LogP contribution in [0.1, 0.15) is 27.2 Å². The van der Waals surface area contributed by atoms with Gasteiger partial charge in [-0.1, -0.05) is 34.1 Å². The second-order valence-corrected chi connectivity index (χ2v) is 6.59. The molecule has 0 aliphatic rings. The highest BCUT2D eigenvalue weighted by Crippen LogP contribution is 2.31. The van der Waals surface area contributed by atoms with Crippen LogP contribution in [-0.2, 0) is 0 Å². The van der Waals surface area contributed by atoms with Gasteiger partial charge in [-0.25, -0.2) is 4.79 Å². The van der Waals surface area contributed by atoms with Crippen molar-refractivity contribution in [1.29, 1.82) is 5.26 Å². The summed E-state index contributed by atoms with van der Waals surface area (Å²) >= 11 is 3.54. The fourth-order valence-corrected chi connectivity index (χ4v) is 3.20. The molecule has 0 aliphatic carbocycles. The molecule has 3 rings (SSSR count). The molecule has 0 atom stereocenters. The predicted octanol–water partition coefficient (Wildman–Crippen LogP) is 5.78. The van der Waals surface area contributed by atoms with E-state index < -0.39 is 5.97 Å². The summed E-state index contributed by atoms with van der Waals surface area (Å²) in [5, 5.41) is 18.4. The van der Waals surface area contributed by atoms with Crippen LogP contribution in [0.25, 0.3) is 23.0 Å². The predicted molar refractivity (Wildman–Crippen MR) is 103 cm³/mol. The van der Waals surface area contributed by atoms with Crippen LogP contribution in [0.5, 0.6) is 0 Å². The van der Waals surface area contributed by atoms with Gasteiger partial charge in [0.2, 0.25) is 0 Å². The number of carboxylic acids is 1. The van der Waals surface area contributed by atoms with Crippen molar-refractivity contribution in [2.24, 2.45) is 0 Å². The first-order valence-electron chi connectivity index (χ1n) is 7.80. The number of carboxylic acid groups (broad SMARTS) is 1. The molecule has 0 saturated carbocycles. The second kappa shape index (κ2) is 7.42. The van der Waals surface area contributed by atoms with E-state index in [0.717, 1.165) is 15.6 Å². The molecule has 0 spiro atoms. The number of carbonyl (C=O) groups is 1. The molecule has 0 fully saturated rings. The Hall–Kier alpha value is -3.10. The minimum absolute atomic E-state index is 0.176. The molecule has 2 aromatic carbocycles. The van der Waals surface area contributed by atoms with Gasteiger partial charge in [-0.2, -0.15) is 5.26 Å². The highest BCUT2D eigenvalue weighted by Gasteiger charge is 2.10. The van der Waals surface area contributed by atoms with Gasteiger partial charge in [-0.05, 0) is 60.5 Å². The highest BCUT2D eigenvalue weighted by molar-refractivity contribution is 9.10. The van der Waals surface area contributed by atoms with Gasteiger partial charge in [-0.15, -0.1) is 0 Å². The standard InChI is InChI=1S/C21H14BrNO3/c1-13-2-8-18(19(22)10-13)20-9-7-17(26-20)11-16(12-23)14-3-5-15(6-4-14)21(24)25/h2-11H,1H3,(H,24,25). The number of hydrogen-bond acceptors (Lipinski definition) is 3. The summed E-state index contributed by atoms with van der Waals surface area (Å²) in [4.78, 5) is 10.9. The number of allylic oxidation sites excluding steroid dienone is 1. The molecular weight excluding hydrogens is 394 g/mol. The third-order valence-electron chi connectivity index (χ3n) is 3.87. The number of aromatic carboxylic acids is 1. The Morgan fingerprint density at radius 3 is 2.42 bits per heavy atom. The van der Waals surface area contributed by atoms with Crippen LogP contribution in [0, 0.1) is 18.3 Å². The maximum atomic E-state index is 10.9. The molecule has 5 heteroatoms. The minimum atomic E-state index is -1.00. The number of rotatable bonds is 4. The summed E-state index contributed by atoms with van der Waals surface area (Å²) < 4.78 is 6.79. The maximum absolute atomic E-state index is 10.9. The summed E-state index contributed by atoms with van der Waals surface area (Å²) in [5.41, 5.74) is 3.27. The van der Waals surface area contributed by atoms with Crippen molar-refractivity contribution in [1.82, 2.24) is 0 Å². The second-order valence-electron chi connectivity index (χ2n) is 5.74. The van der Waals surface area contributed by atoms with Gasteiger partial charge in [0, 0.05) is 10.0 Å². The van der Waals surface area contributed by atoms with Gasteiger partial charge >= 0.3 is 5.97 Å². The quantitative estimate of drug-likeness (QED) is 0.556. The lowest BCUT2D eigenvalue weighted by molar-refractivity contribution is 0.0697. The van der Waals surface area contributed by atoms with Crippen LogP contribution in [0.3, 0.4) is 0 Å². The fourth-order valence-electron chi connectivity index (χ4n) is 2.51. The van der Waals surface area contributed by atoms with Crippen LogP contribution in [-0.4, -0.2) is 11.1 Å². The van der Waals surface area contributed by atoms with Gasteiger partial charge in [0.25, 0.3) is 0 Å². The van der Waals surface area contributed by atoms with Crippen molar-refractivity contribution in [2.45, 2.75) is 6.92 Å². The number of aryl methyl sites for hydroxylation is 1. The van der Waals surface area contributed by atoms with E-state index in [2.05, 4.69) is 22.0 Å². The summed E-state index contributed by atoms with van der Waals surface area (Å²) in [6, 6.07) is 17.9. The fraction of sp³-hybridized carbons (Fsp3) is 0.0476. The van der Waals surface area contributed by atoms with Crippen molar-refractivity contribution in [3.8, 4) is 17.4 Å².